The highest BCUT2D eigenvalue weighted by molar-refractivity contribution is 7.24. The Kier molecular flexibility index (Phi) is 7.19. The SMILES string of the molecule is C=CC(=O)OC(C)CCCOC(=O)COc1cccc2sc3ccccc3c(=O)c12. The molecule has 0 saturated carbocycles. The lowest BCUT2D eigenvalue weighted by atomic mass is 10.1. The summed E-state index contributed by atoms with van der Waals surface area (Å²) in [4.78, 5) is 36.0. The molecule has 1 heterocycles. The molecule has 0 radical (unpaired) electrons. The number of rotatable bonds is 9. The third-order valence-corrected chi connectivity index (χ3v) is 5.55. The highest BCUT2D eigenvalue weighted by Gasteiger charge is 2.13. The maximum Gasteiger partial charge on any atom is 0.344 e. The first kappa shape index (κ1) is 21.5. The number of carbonyl (C=O) groups is 2. The van der Waals surface area contributed by atoms with Crippen LogP contribution in [-0.2, 0) is 19.1 Å². The molecule has 6 nitrogen and oxygen atoms in total. The van der Waals surface area contributed by atoms with Gasteiger partial charge in [-0.3, -0.25) is 4.79 Å². The lowest BCUT2D eigenvalue weighted by molar-refractivity contribution is -0.147. The quantitative estimate of drug-likeness (QED) is 0.220. The monoisotopic (exact) mass is 426 g/mol. The molecular weight excluding hydrogens is 404 g/mol. The summed E-state index contributed by atoms with van der Waals surface area (Å²) in [6.07, 6.45) is 1.93. The summed E-state index contributed by atoms with van der Waals surface area (Å²) in [5.41, 5.74) is -0.119. The van der Waals surface area contributed by atoms with E-state index >= 15 is 0 Å². The van der Waals surface area contributed by atoms with E-state index in [0.29, 0.717) is 29.4 Å². The van der Waals surface area contributed by atoms with E-state index in [-0.39, 0.29) is 24.7 Å². The molecule has 30 heavy (non-hydrogen) atoms. The maximum atomic E-state index is 12.9. The van der Waals surface area contributed by atoms with E-state index in [9.17, 15) is 14.4 Å². The van der Waals surface area contributed by atoms with Gasteiger partial charge in [-0.05, 0) is 44.0 Å². The summed E-state index contributed by atoms with van der Waals surface area (Å²) in [5, 5.41) is 1.09. The van der Waals surface area contributed by atoms with Crippen LogP contribution in [0.1, 0.15) is 19.8 Å². The molecule has 0 saturated heterocycles. The largest absolute Gasteiger partial charge is 0.481 e. The normalized spacial score (nSPS) is 11.8. The molecule has 0 aliphatic carbocycles. The average Bonchev–Trinajstić information content (AvgIpc) is 2.75. The number of carbonyl (C=O) groups excluding carboxylic acids is 2. The summed E-state index contributed by atoms with van der Waals surface area (Å²) in [5.74, 6) is -0.643. The molecule has 0 aliphatic heterocycles. The van der Waals surface area contributed by atoms with Crippen LogP contribution in [0.5, 0.6) is 5.75 Å². The first-order valence-electron chi connectivity index (χ1n) is 9.55. The maximum absolute atomic E-state index is 12.9. The van der Waals surface area contributed by atoms with Crippen molar-refractivity contribution in [2.75, 3.05) is 13.2 Å². The van der Waals surface area contributed by atoms with Gasteiger partial charge >= 0.3 is 11.9 Å². The Morgan fingerprint density at radius 2 is 1.90 bits per heavy atom. The fraction of sp³-hybridized carbons (Fsp3) is 0.261. The van der Waals surface area contributed by atoms with Gasteiger partial charge in [-0.2, -0.15) is 0 Å². The van der Waals surface area contributed by atoms with Gasteiger partial charge in [0, 0.05) is 20.9 Å². The Hall–Kier alpha value is -3.19. The predicted molar refractivity (Wildman–Crippen MR) is 117 cm³/mol. The molecule has 1 aromatic heterocycles. The van der Waals surface area contributed by atoms with Crippen LogP contribution in [0.3, 0.4) is 0 Å². The second-order valence-electron chi connectivity index (χ2n) is 6.66. The van der Waals surface area contributed by atoms with Crippen LogP contribution in [0.15, 0.2) is 59.9 Å². The first-order chi connectivity index (χ1) is 14.5. The molecule has 7 heteroatoms. The van der Waals surface area contributed by atoms with Crippen molar-refractivity contribution >= 4 is 43.4 Å². The standard InChI is InChI=1S/C23H22O6S/c1-3-20(24)29-15(2)8-7-13-27-21(25)14-28-17-10-6-12-19-22(17)23(26)16-9-4-5-11-18(16)30-19/h3-6,9-12,15H,1,7-8,13-14H2,2H3. The summed E-state index contributed by atoms with van der Waals surface area (Å²) < 4.78 is 17.5. The Morgan fingerprint density at radius 3 is 2.70 bits per heavy atom. The van der Waals surface area contributed by atoms with Crippen LogP contribution in [-0.4, -0.2) is 31.3 Å². The van der Waals surface area contributed by atoms with E-state index in [1.54, 1.807) is 25.1 Å². The summed E-state index contributed by atoms with van der Waals surface area (Å²) in [7, 11) is 0. The van der Waals surface area contributed by atoms with Crippen molar-refractivity contribution in [3.63, 3.8) is 0 Å². The summed E-state index contributed by atoms with van der Waals surface area (Å²) in [6.45, 7) is 5.00. The number of hydrogen-bond acceptors (Lipinski definition) is 7. The minimum absolute atomic E-state index is 0.119. The van der Waals surface area contributed by atoms with Crippen LogP contribution < -0.4 is 10.2 Å². The van der Waals surface area contributed by atoms with Crippen molar-refractivity contribution < 1.29 is 23.8 Å². The smallest absolute Gasteiger partial charge is 0.344 e. The second kappa shape index (κ2) is 10.0. The van der Waals surface area contributed by atoms with Gasteiger partial charge in [0.05, 0.1) is 18.1 Å². The third-order valence-electron chi connectivity index (χ3n) is 4.41. The fourth-order valence-electron chi connectivity index (χ4n) is 2.98. The van der Waals surface area contributed by atoms with E-state index in [1.807, 2.05) is 24.3 Å². The Balaban J connectivity index is 1.57. The number of hydrogen-bond donors (Lipinski definition) is 0. The zero-order valence-corrected chi connectivity index (χ0v) is 17.4. The molecule has 0 bridgehead atoms. The molecule has 3 aromatic rings. The topological polar surface area (TPSA) is 78.9 Å². The minimum atomic E-state index is -0.528. The molecule has 0 amide bonds. The van der Waals surface area contributed by atoms with Crippen molar-refractivity contribution in [1.82, 2.24) is 0 Å². The van der Waals surface area contributed by atoms with Crippen molar-refractivity contribution in [2.45, 2.75) is 25.9 Å². The summed E-state index contributed by atoms with van der Waals surface area (Å²) >= 11 is 1.50. The van der Waals surface area contributed by atoms with E-state index in [0.717, 1.165) is 15.5 Å². The Labute approximate surface area is 177 Å². The molecule has 0 fully saturated rings. The molecule has 156 valence electrons. The van der Waals surface area contributed by atoms with Gasteiger partial charge in [-0.1, -0.05) is 24.8 Å². The third kappa shape index (κ3) is 5.24. The Bertz CT molecular complexity index is 1130. The van der Waals surface area contributed by atoms with Gasteiger partial charge in [0.2, 0.25) is 0 Å². The van der Waals surface area contributed by atoms with Crippen LogP contribution in [0, 0.1) is 0 Å². The van der Waals surface area contributed by atoms with Crippen LogP contribution in [0.2, 0.25) is 0 Å². The van der Waals surface area contributed by atoms with Crippen LogP contribution in [0.4, 0.5) is 0 Å². The lowest BCUT2D eigenvalue weighted by Gasteiger charge is -2.12. The van der Waals surface area contributed by atoms with Gasteiger partial charge in [0.15, 0.2) is 12.0 Å². The lowest BCUT2D eigenvalue weighted by Crippen LogP contribution is -2.18. The van der Waals surface area contributed by atoms with Gasteiger partial charge in [-0.15, -0.1) is 11.3 Å². The van der Waals surface area contributed by atoms with E-state index in [1.165, 1.54) is 11.3 Å². The zero-order chi connectivity index (χ0) is 21.5. The van der Waals surface area contributed by atoms with Crippen molar-refractivity contribution in [3.05, 3.63) is 65.3 Å². The van der Waals surface area contributed by atoms with E-state index < -0.39 is 11.9 Å². The Morgan fingerprint density at radius 1 is 1.13 bits per heavy atom. The van der Waals surface area contributed by atoms with Gasteiger partial charge in [0.25, 0.3) is 0 Å². The second-order valence-corrected chi connectivity index (χ2v) is 7.74. The molecule has 0 spiro atoms. The van der Waals surface area contributed by atoms with Crippen LogP contribution >= 0.6 is 11.3 Å². The van der Waals surface area contributed by atoms with Crippen LogP contribution in [0.25, 0.3) is 20.2 Å². The first-order valence-corrected chi connectivity index (χ1v) is 10.4. The molecule has 0 N–H and O–H groups in total. The number of ether oxygens (including phenoxy) is 3. The molecule has 3 rings (SSSR count). The van der Waals surface area contributed by atoms with Crippen molar-refractivity contribution in [3.8, 4) is 5.75 Å². The molecular formula is C23H22O6S. The van der Waals surface area contributed by atoms with Crippen molar-refractivity contribution in [1.29, 1.82) is 0 Å². The van der Waals surface area contributed by atoms with Crippen molar-refractivity contribution in [2.24, 2.45) is 0 Å². The van der Waals surface area contributed by atoms with Gasteiger partial charge in [0.1, 0.15) is 5.75 Å². The fourth-order valence-corrected chi connectivity index (χ4v) is 4.07. The average molecular weight is 426 g/mol. The number of fused-ring (bicyclic) bond motifs is 2. The molecule has 1 unspecified atom stereocenters. The van der Waals surface area contributed by atoms with Gasteiger partial charge < -0.3 is 14.2 Å². The van der Waals surface area contributed by atoms with E-state index in [4.69, 9.17) is 14.2 Å². The molecule has 0 aliphatic rings. The minimum Gasteiger partial charge on any atom is -0.481 e. The molecule has 1 atom stereocenters. The zero-order valence-electron chi connectivity index (χ0n) is 16.6. The predicted octanol–water partition coefficient (Wildman–Crippen LogP) is 4.23. The summed E-state index contributed by atoms with van der Waals surface area (Å²) in [6, 6.07) is 12.7. The number of esters is 2. The number of benzene rings is 2. The van der Waals surface area contributed by atoms with Gasteiger partial charge in [-0.25, -0.2) is 9.59 Å². The molecule has 2 aromatic carbocycles. The highest BCUT2D eigenvalue weighted by Crippen LogP contribution is 2.30. The highest BCUT2D eigenvalue weighted by atomic mass is 32.1. The van der Waals surface area contributed by atoms with E-state index in [2.05, 4.69) is 6.58 Å².